The number of hydrogen-bond donors (Lipinski definition) is 2. The van der Waals surface area contributed by atoms with Crippen LogP contribution in [-0.4, -0.2) is 56.3 Å². The summed E-state index contributed by atoms with van der Waals surface area (Å²) < 4.78 is 28.7. The summed E-state index contributed by atoms with van der Waals surface area (Å²) in [5.41, 5.74) is 1.94. The van der Waals surface area contributed by atoms with E-state index >= 15 is 0 Å². The molecule has 174 valence electrons. The fraction of sp³-hybridized carbons (Fsp3) is 0.348. The van der Waals surface area contributed by atoms with Gasteiger partial charge < -0.3 is 4.90 Å². The summed E-state index contributed by atoms with van der Waals surface area (Å²) in [5.74, 6) is -0.191. The Morgan fingerprint density at radius 3 is 2.48 bits per heavy atom. The van der Waals surface area contributed by atoms with E-state index in [1.54, 1.807) is 29.2 Å². The number of carbonyl (C=O) groups excluding carboxylic acids is 1. The van der Waals surface area contributed by atoms with Crippen molar-refractivity contribution < 1.29 is 13.2 Å². The van der Waals surface area contributed by atoms with E-state index in [-0.39, 0.29) is 28.9 Å². The Balaban J connectivity index is 1.26. The van der Waals surface area contributed by atoms with Crippen LogP contribution in [0, 0.1) is 0 Å². The molecule has 3 heterocycles. The van der Waals surface area contributed by atoms with Gasteiger partial charge in [-0.3, -0.25) is 15.4 Å². The summed E-state index contributed by atoms with van der Waals surface area (Å²) in [7, 11) is -3.74. The van der Waals surface area contributed by atoms with E-state index < -0.39 is 10.0 Å². The van der Waals surface area contributed by atoms with Crippen LogP contribution in [0.25, 0.3) is 10.1 Å². The van der Waals surface area contributed by atoms with E-state index in [0.29, 0.717) is 18.1 Å². The largest absolute Gasteiger partial charge is 0.336 e. The zero-order valence-electron chi connectivity index (χ0n) is 18.2. The van der Waals surface area contributed by atoms with Crippen molar-refractivity contribution in [3.63, 3.8) is 0 Å². The molecule has 0 bridgehead atoms. The smallest absolute Gasteiger partial charge is 0.253 e. The standard InChI is InChI=1S/C23H25ClN4O3S2/c1-23(25-8-9-26-23)18-5-2-16(3-6-18)14-27-10-11-28(15-21(27)29)33(30,31)22-12-17-4-7-19(24)13-20(17)32-22/h2-7,12-13,25-26H,8-11,14-15H2,1H3. The lowest BCUT2D eigenvalue weighted by molar-refractivity contribution is -0.134. The van der Waals surface area contributed by atoms with Gasteiger partial charge in [0.05, 0.1) is 12.2 Å². The quantitative estimate of drug-likeness (QED) is 0.558. The molecule has 0 unspecified atom stereocenters. The minimum absolute atomic E-state index is 0.151. The third-order valence-corrected chi connectivity index (χ3v) is 9.95. The number of halogens is 1. The van der Waals surface area contributed by atoms with Crippen molar-refractivity contribution in [1.82, 2.24) is 19.8 Å². The van der Waals surface area contributed by atoms with E-state index in [1.807, 2.05) is 12.1 Å². The maximum Gasteiger partial charge on any atom is 0.253 e. The Kier molecular flexibility index (Phi) is 5.97. The second kappa shape index (κ2) is 8.65. The van der Waals surface area contributed by atoms with E-state index in [4.69, 9.17) is 11.6 Å². The molecule has 2 N–H and O–H groups in total. The average molecular weight is 505 g/mol. The number of benzene rings is 2. The minimum atomic E-state index is -3.74. The third kappa shape index (κ3) is 4.41. The molecule has 3 aromatic rings. The molecule has 0 saturated carbocycles. The second-order valence-electron chi connectivity index (χ2n) is 8.58. The molecule has 0 spiro atoms. The minimum Gasteiger partial charge on any atom is -0.336 e. The molecule has 5 rings (SSSR count). The van der Waals surface area contributed by atoms with Crippen LogP contribution in [0.2, 0.25) is 5.02 Å². The molecule has 7 nitrogen and oxygen atoms in total. The average Bonchev–Trinajstić information content (AvgIpc) is 3.42. The lowest BCUT2D eigenvalue weighted by atomic mass is 10.0. The Morgan fingerprint density at radius 2 is 1.79 bits per heavy atom. The van der Waals surface area contributed by atoms with Crippen LogP contribution in [0.5, 0.6) is 0 Å². The Labute approximate surface area is 202 Å². The number of piperazine rings is 1. The van der Waals surface area contributed by atoms with Gasteiger partial charge in [-0.05, 0) is 41.6 Å². The van der Waals surface area contributed by atoms with Crippen LogP contribution in [0.1, 0.15) is 18.1 Å². The van der Waals surface area contributed by atoms with Gasteiger partial charge in [0.15, 0.2) is 0 Å². The lowest BCUT2D eigenvalue weighted by Gasteiger charge is -2.33. The molecule has 2 aliphatic heterocycles. The van der Waals surface area contributed by atoms with Crippen LogP contribution in [0.3, 0.4) is 0 Å². The predicted octanol–water partition coefficient (Wildman–Crippen LogP) is 2.95. The number of carbonyl (C=O) groups is 1. The van der Waals surface area contributed by atoms with Gasteiger partial charge in [-0.25, -0.2) is 8.42 Å². The van der Waals surface area contributed by atoms with E-state index in [0.717, 1.165) is 34.3 Å². The van der Waals surface area contributed by atoms with Gasteiger partial charge in [0.25, 0.3) is 10.0 Å². The predicted molar refractivity (Wildman–Crippen MR) is 131 cm³/mol. The van der Waals surface area contributed by atoms with Gasteiger partial charge in [0, 0.05) is 42.4 Å². The zero-order chi connectivity index (χ0) is 23.2. The molecule has 1 aromatic heterocycles. The summed E-state index contributed by atoms with van der Waals surface area (Å²) in [6.07, 6.45) is 0. The highest BCUT2D eigenvalue weighted by Crippen LogP contribution is 2.33. The van der Waals surface area contributed by atoms with E-state index in [1.165, 1.54) is 15.6 Å². The first-order valence-corrected chi connectivity index (χ1v) is 13.4. The number of thiophene rings is 1. The Morgan fingerprint density at radius 1 is 1.06 bits per heavy atom. The lowest BCUT2D eigenvalue weighted by Crippen LogP contribution is -2.51. The monoisotopic (exact) mass is 504 g/mol. The number of nitrogens with zero attached hydrogens (tertiary/aromatic N) is 2. The van der Waals surface area contributed by atoms with E-state index in [9.17, 15) is 13.2 Å². The molecule has 1 amide bonds. The van der Waals surface area contributed by atoms with Crippen molar-refractivity contribution in [2.75, 3.05) is 32.7 Å². The molecular formula is C23H25ClN4O3S2. The summed E-state index contributed by atoms with van der Waals surface area (Å²) in [5, 5.41) is 8.31. The number of hydrogen-bond acceptors (Lipinski definition) is 6. The van der Waals surface area contributed by atoms with Gasteiger partial charge in [-0.15, -0.1) is 11.3 Å². The first-order chi connectivity index (χ1) is 15.7. The molecule has 2 fully saturated rings. The first kappa shape index (κ1) is 22.8. The molecule has 0 radical (unpaired) electrons. The summed E-state index contributed by atoms with van der Waals surface area (Å²) in [6.45, 7) is 4.91. The summed E-state index contributed by atoms with van der Waals surface area (Å²) in [6, 6.07) is 15.2. The number of fused-ring (bicyclic) bond motifs is 1. The number of nitrogens with one attached hydrogen (secondary N) is 2. The summed E-state index contributed by atoms with van der Waals surface area (Å²) >= 11 is 7.21. The van der Waals surface area contributed by atoms with Gasteiger partial charge in [0.1, 0.15) is 4.21 Å². The Bertz CT molecular complexity index is 1300. The molecule has 2 aliphatic rings. The van der Waals surface area contributed by atoms with Crippen molar-refractivity contribution in [2.45, 2.75) is 23.3 Å². The number of rotatable bonds is 5. The van der Waals surface area contributed by atoms with Gasteiger partial charge in [-0.1, -0.05) is 41.9 Å². The van der Waals surface area contributed by atoms with Crippen LogP contribution in [0.15, 0.2) is 52.7 Å². The van der Waals surface area contributed by atoms with Crippen LogP contribution < -0.4 is 10.6 Å². The first-order valence-electron chi connectivity index (χ1n) is 10.8. The highest BCUT2D eigenvalue weighted by atomic mass is 35.5. The molecular weight excluding hydrogens is 480 g/mol. The maximum atomic E-state index is 13.2. The fourth-order valence-corrected chi connectivity index (χ4v) is 7.56. The van der Waals surface area contributed by atoms with Crippen LogP contribution >= 0.6 is 22.9 Å². The topological polar surface area (TPSA) is 81.8 Å². The molecule has 0 atom stereocenters. The highest BCUT2D eigenvalue weighted by Gasteiger charge is 2.34. The van der Waals surface area contributed by atoms with E-state index in [2.05, 4.69) is 29.7 Å². The van der Waals surface area contributed by atoms with Crippen molar-refractivity contribution in [3.05, 3.63) is 64.7 Å². The highest BCUT2D eigenvalue weighted by molar-refractivity contribution is 7.91. The zero-order valence-corrected chi connectivity index (χ0v) is 20.6. The molecule has 2 saturated heterocycles. The van der Waals surface area contributed by atoms with Crippen LogP contribution in [-0.2, 0) is 27.0 Å². The fourth-order valence-electron chi connectivity index (χ4n) is 4.35. The Hall–Kier alpha value is -2.01. The van der Waals surface area contributed by atoms with Gasteiger partial charge in [0.2, 0.25) is 5.91 Å². The number of sulfonamides is 1. The van der Waals surface area contributed by atoms with Crippen molar-refractivity contribution in [2.24, 2.45) is 0 Å². The normalized spacial score (nSPS) is 19.5. The van der Waals surface area contributed by atoms with Gasteiger partial charge >= 0.3 is 0 Å². The van der Waals surface area contributed by atoms with Crippen LogP contribution in [0.4, 0.5) is 0 Å². The van der Waals surface area contributed by atoms with Crippen molar-refractivity contribution in [1.29, 1.82) is 0 Å². The molecule has 2 aromatic carbocycles. The molecule has 0 aliphatic carbocycles. The second-order valence-corrected chi connectivity index (χ2v) is 12.3. The molecule has 33 heavy (non-hydrogen) atoms. The summed E-state index contributed by atoms with van der Waals surface area (Å²) in [4.78, 5) is 14.5. The van der Waals surface area contributed by atoms with Crippen molar-refractivity contribution >= 4 is 49.0 Å². The van der Waals surface area contributed by atoms with Gasteiger partial charge in [-0.2, -0.15) is 4.31 Å². The number of amides is 1. The third-order valence-electron chi connectivity index (χ3n) is 6.32. The molecule has 10 heteroatoms. The van der Waals surface area contributed by atoms with Crippen molar-refractivity contribution in [3.8, 4) is 0 Å². The SMILES string of the molecule is CC1(c2ccc(CN3CCN(S(=O)(=O)c4cc5ccc(Cl)cc5s4)CC3=O)cc2)NCCN1. The maximum absolute atomic E-state index is 13.2.